The third kappa shape index (κ3) is 2.80. The van der Waals surface area contributed by atoms with Gasteiger partial charge in [0.15, 0.2) is 0 Å². The Kier molecular flexibility index (Phi) is 3.38. The van der Waals surface area contributed by atoms with Crippen LogP contribution in [0.2, 0.25) is 0 Å². The fraction of sp³-hybridized carbons (Fsp3) is 0.143. The summed E-state index contributed by atoms with van der Waals surface area (Å²) in [6.45, 7) is 4.08. The molecule has 2 aromatic rings. The monoisotopic (exact) mass is 290 g/mol. The van der Waals surface area contributed by atoms with Crippen LogP contribution in [-0.4, -0.2) is 0 Å². The Morgan fingerprint density at radius 1 is 0.941 bits per heavy atom. The first-order valence-electron chi connectivity index (χ1n) is 5.45. The van der Waals surface area contributed by atoms with Crippen molar-refractivity contribution in [3.8, 4) is 0 Å². The SMILES string of the molecule is Cc1cc(Nc2ccc(Br)c(C)c2)ccc1N. The van der Waals surface area contributed by atoms with Crippen molar-refractivity contribution in [3.63, 3.8) is 0 Å². The molecule has 3 heteroatoms. The number of benzene rings is 2. The molecule has 0 atom stereocenters. The van der Waals surface area contributed by atoms with Crippen molar-refractivity contribution in [2.24, 2.45) is 0 Å². The summed E-state index contributed by atoms with van der Waals surface area (Å²) in [4.78, 5) is 0. The lowest BCUT2D eigenvalue weighted by Crippen LogP contribution is -1.94. The van der Waals surface area contributed by atoms with Gasteiger partial charge < -0.3 is 11.1 Å². The molecule has 0 aliphatic heterocycles. The Balaban J connectivity index is 2.25. The lowest BCUT2D eigenvalue weighted by molar-refractivity contribution is 1.40. The van der Waals surface area contributed by atoms with Gasteiger partial charge in [-0.1, -0.05) is 15.9 Å². The van der Waals surface area contributed by atoms with Crippen molar-refractivity contribution in [3.05, 3.63) is 52.0 Å². The Bertz CT molecular complexity index is 500. The number of aryl methyl sites for hydroxylation is 2. The molecule has 0 heterocycles. The van der Waals surface area contributed by atoms with Gasteiger partial charge in [-0.3, -0.25) is 0 Å². The molecule has 2 nitrogen and oxygen atoms in total. The molecule has 0 saturated heterocycles. The molecule has 0 aromatic heterocycles. The number of nitrogens with one attached hydrogen (secondary N) is 1. The molecule has 0 fully saturated rings. The van der Waals surface area contributed by atoms with Gasteiger partial charge in [0.25, 0.3) is 0 Å². The lowest BCUT2D eigenvalue weighted by atomic mass is 10.1. The molecule has 88 valence electrons. The Hall–Kier alpha value is -1.48. The molecule has 0 unspecified atom stereocenters. The number of rotatable bonds is 2. The summed E-state index contributed by atoms with van der Waals surface area (Å²) < 4.78 is 1.12. The number of nitrogen functional groups attached to an aromatic ring is 1. The van der Waals surface area contributed by atoms with E-state index in [0.717, 1.165) is 27.1 Å². The van der Waals surface area contributed by atoms with Gasteiger partial charge in [0, 0.05) is 21.5 Å². The van der Waals surface area contributed by atoms with Crippen molar-refractivity contribution in [2.75, 3.05) is 11.1 Å². The summed E-state index contributed by atoms with van der Waals surface area (Å²) >= 11 is 3.49. The van der Waals surface area contributed by atoms with Crippen LogP contribution in [0.1, 0.15) is 11.1 Å². The first kappa shape index (κ1) is 12.0. The fourth-order valence-corrected chi connectivity index (χ4v) is 1.89. The second-order valence-electron chi connectivity index (χ2n) is 4.16. The van der Waals surface area contributed by atoms with Gasteiger partial charge in [-0.05, 0) is 61.4 Å². The number of nitrogens with two attached hydrogens (primary N) is 1. The van der Waals surface area contributed by atoms with Crippen molar-refractivity contribution in [1.82, 2.24) is 0 Å². The normalized spacial score (nSPS) is 10.3. The van der Waals surface area contributed by atoms with Gasteiger partial charge in [-0.2, -0.15) is 0 Å². The van der Waals surface area contributed by atoms with E-state index in [1.807, 2.05) is 37.3 Å². The summed E-state index contributed by atoms with van der Waals surface area (Å²) in [7, 11) is 0. The van der Waals surface area contributed by atoms with Crippen LogP contribution in [0.4, 0.5) is 17.1 Å². The second kappa shape index (κ2) is 4.80. The van der Waals surface area contributed by atoms with Gasteiger partial charge in [-0.15, -0.1) is 0 Å². The van der Waals surface area contributed by atoms with E-state index < -0.39 is 0 Å². The van der Waals surface area contributed by atoms with Crippen LogP contribution in [0.5, 0.6) is 0 Å². The number of anilines is 3. The Morgan fingerprint density at radius 3 is 2.12 bits per heavy atom. The maximum atomic E-state index is 5.79. The minimum atomic E-state index is 0.822. The average Bonchev–Trinajstić information content (AvgIpc) is 2.29. The predicted octanol–water partition coefficient (Wildman–Crippen LogP) is 4.39. The number of hydrogen-bond donors (Lipinski definition) is 2. The van der Waals surface area contributed by atoms with Crippen LogP contribution in [0.3, 0.4) is 0 Å². The molecule has 0 radical (unpaired) electrons. The number of hydrogen-bond acceptors (Lipinski definition) is 2. The topological polar surface area (TPSA) is 38.0 Å². The first-order valence-corrected chi connectivity index (χ1v) is 6.25. The van der Waals surface area contributed by atoms with E-state index in [4.69, 9.17) is 5.73 Å². The molecule has 17 heavy (non-hydrogen) atoms. The molecule has 0 saturated carbocycles. The van der Waals surface area contributed by atoms with Crippen molar-refractivity contribution in [1.29, 1.82) is 0 Å². The summed E-state index contributed by atoms with van der Waals surface area (Å²) in [6.07, 6.45) is 0. The highest BCUT2D eigenvalue weighted by Crippen LogP contribution is 2.24. The summed E-state index contributed by atoms with van der Waals surface area (Å²) in [5.41, 5.74) is 11.0. The molecule has 0 aliphatic rings. The molecule has 2 rings (SSSR count). The van der Waals surface area contributed by atoms with E-state index in [1.165, 1.54) is 5.56 Å². The molecule has 0 bridgehead atoms. The van der Waals surface area contributed by atoms with Gasteiger partial charge in [-0.25, -0.2) is 0 Å². The third-order valence-electron chi connectivity index (χ3n) is 2.72. The molecule has 0 aliphatic carbocycles. The van der Waals surface area contributed by atoms with Crippen LogP contribution >= 0.6 is 15.9 Å². The summed E-state index contributed by atoms with van der Waals surface area (Å²) in [5.74, 6) is 0. The van der Waals surface area contributed by atoms with E-state index in [1.54, 1.807) is 0 Å². The van der Waals surface area contributed by atoms with Crippen LogP contribution < -0.4 is 11.1 Å². The number of halogens is 1. The van der Waals surface area contributed by atoms with Crippen LogP contribution in [0, 0.1) is 13.8 Å². The van der Waals surface area contributed by atoms with Crippen LogP contribution in [0.25, 0.3) is 0 Å². The third-order valence-corrected chi connectivity index (χ3v) is 3.61. The minimum Gasteiger partial charge on any atom is -0.399 e. The van der Waals surface area contributed by atoms with Crippen LogP contribution in [0.15, 0.2) is 40.9 Å². The van der Waals surface area contributed by atoms with E-state index >= 15 is 0 Å². The summed E-state index contributed by atoms with van der Waals surface area (Å²) in [6, 6.07) is 12.1. The maximum Gasteiger partial charge on any atom is 0.0388 e. The molecule has 3 N–H and O–H groups in total. The van der Waals surface area contributed by atoms with Gasteiger partial charge >= 0.3 is 0 Å². The maximum absolute atomic E-state index is 5.79. The average molecular weight is 291 g/mol. The van der Waals surface area contributed by atoms with Gasteiger partial charge in [0.1, 0.15) is 0 Å². The molecular weight excluding hydrogens is 276 g/mol. The van der Waals surface area contributed by atoms with Crippen LogP contribution in [-0.2, 0) is 0 Å². The lowest BCUT2D eigenvalue weighted by Gasteiger charge is -2.10. The smallest absolute Gasteiger partial charge is 0.0388 e. The van der Waals surface area contributed by atoms with Gasteiger partial charge in [0.05, 0.1) is 0 Å². The molecule has 0 amide bonds. The highest BCUT2D eigenvalue weighted by Gasteiger charge is 2.00. The molecule has 2 aromatic carbocycles. The highest BCUT2D eigenvalue weighted by molar-refractivity contribution is 9.10. The fourth-order valence-electron chi connectivity index (χ4n) is 1.64. The largest absolute Gasteiger partial charge is 0.399 e. The Morgan fingerprint density at radius 2 is 1.53 bits per heavy atom. The zero-order chi connectivity index (χ0) is 12.4. The van der Waals surface area contributed by atoms with Crippen molar-refractivity contribution < 1.29 is 0 Å². The van der Waals surface area contributed by atoms with E-state index in [2.05, 4.69) is 34.2 Å². The first-order chi connectivity index (χ1) is 8.06. The standard InChI is InChI=1S/C14H15BrN2/c1-9-7-11(3-5-13(9)15)17-12-4-6-14(16)10(2)8-12/h3-8,17H,16H2,1-2H3. The predicted molar refractivity (Wildman–Crippen MR) is 77.8 cm³/mol. The highest BCUT2D eigenvalue weighted by atomic mass is 79.9. The summed E-state index contributed by atoms with van der Waals surface area (Å²) in [5, 5.41) is 3.36. The molecular formula is C14H15BrN2. The van der Waals surface area contributed by atoms with Gasteiger partial charge in [0.2, 0.25) is 0 Å². The quantitative estimate of drug-likeness (QED) is 0.805. The second-order valence-corrected chi connectivity index (χ2v) is 5.01. The van der Waals surface area contributed by atoms with E-state index in [0.29, 0.717) is 0 Å². The van der Waals surface area contributed by atoms with Crippen molar-refractivity contribution in [2.45, 2.75) is 13.8 Å². The van der Waals surface area contributed by atoms with Crippen molar-refractivity contribution >= 4 is 33.0 Å². The zero-order valence-corrected chi connectivity index (χ0v) is 11.5. The Labute approximate surface area is 110 Å². The van der Waals surface area contributed by atoms with E-state index in [-0.39, 0.29) is 0 Å². The van der Waals surface area contributed by atoms with E-state index in [9.17, 15) is 0 Å². The zero-order valence-electron chi connectivity index (χ0n) is 9.92. The minimum absolute atomic E-state index is 0.822. The molecule has 0 spiro atoms.